The van der Waals surface area contributed by atoms with E-state index in [1.807, 2.05) is 0 Å². The van der Waals surface area contributed by atoms with Crippen LogP contribution >= 0.6 is 23.4 Å². The minimum Gasteiger partial charge on any atom is -0.495 e. The number of H-pyrrole nitrogens is 1. The van der Waals surface area contributed by atoms with Crippen LogP contribution < -0.4 is 15.6 Å². The Bertz CT molecular complexity index is 1420. The molecule has 2 N–H and O–H groups in total. The lowest BCUT2D eigenvalue weighted by molar-refractivity contribution is -0.113. The van der Waals surface area contributed by atoms with Crippen molar-refractivity contribution >= 4 is 50.8 Å². The number of methoxy groups -OCH3 is 1. The lowest BCUT2D eigenvalue weighted by Crippen LogP contribution is -2.20. The van der Waals surface area contributed by atoms with Crippen molar-refractivity contribution in [3.8, 4) is 5.75 Å². The highest BCUT2D eigenvalue weighted by Crippen LogP contribution is 2.29. The first kappa shape index (κ1) is 26.3. The maximum Gasteiger partial charge on any atom is 0.338 e. The molecular formula is C22H20ClN3O7S2. The summed E-state index contributed by atoms with van der Waals surface area (Å²) in [4.78, 5) is 42.1. The van der Waals surface area contributed by atoms with Crippen LogP contribution in [0, 0.1) is 0 Å². The maximum atomic E-state index is 12.8. The predicted molar refractivity (Wildman–Crippen MR) is 130 cm³/mol. The number of hydrogen-bond donors (Lipinski definition) is 2. The molecule has 3 rings (SSSR count). The molecule has 1 aromatic heterocycles. The number of nitrogens with zero attached hydrogens (tertiary/aromatic N) is 1. The third-order valence-corrected chi connectivity index (χ3v) is 7.39. The van der Waals surface area contributed by atoms with E-state index < -0.39 is 32.2 Å². The summed E-state index contributed by atoms with van der Waals surface area (Å²) >= 11 is 6.90. The molecule has 0 spiro atoms. The summed E-state index contributed by atoms with van der Waals surface area (Å²) in [7, 11) is -2.80. The summed E-state index contributed by atoms with van der Waals surface area (Å²) in [6.45, 7) is 1.92. The zero-order chi connectivity index (χ0) is 25.6. The molecule has 0 aliphatic heterocycles. The Hall–Kier alpha value is -3.35. The van der Waals surface area contributed by atoms with Crippen molar-refractivity contribution in [3.63, 3.8) is 0 Å². The fraction of sp³-hybridized carbons (Fsp3) is 0.182. The second kappa shape index (κ2) is 11.4. The fourth-order valence-electron chi connectivity index (χ4n) is 2.84. The minimum atomic E-state index is -4.19. The van der Waals surface area contributed by atoms with Crippen molar-refractivity contribution in [2.75, 3.05) is 24.8 Å². The molecule has 0 fully saturated rings. The number of carbonyl (C=O) groups is 2. The van der Waals surface area contributed by atoms with Crippen molar-refractivity contribution in [2.24, 2.45) is 0 Å². The zero-order valence-electron chi connectivity index (χ0n) is 18.5. The van der Waals surface area contributed by atoms with Gasteiger partial charge in [-0.1, -0.05) is 29.4 Å². The highest BCUT2D eigenvalue weighted by atomic mass is 35.5. The fourth-order valence-corrected chi connectivity index (χ4v) is 5.06. The Balaban J connectivity index is 1.68. The molecule has 35 heavy (non-hydrogen) atoms. The van der Waals surface area contributed by atoms with E-state index in [-0.39, 0.29) is 33.2 Å². The molecule has 0 saturated heterocycles. The summed E-state index contributed by atoms with van der Waals surface area (Å²) in [6.07, 6.45) is 0.926. The Morgan fingerprint density at radius 2 is 1.97 bits per heavy atom. The van der Waals surface area contributed by atoms with E-state index in [1.54, 1.807) is 25.1 Å². The van der Waals surface area contributed by atoms with Gasteiger partial charge in [-0.25, -0.2) is 18.2 Å². The number of halogens is 1. The number of carbonyl (C=O) groups excluding carboxylic acids is 2. The molecule has 184 valence electrons. The van der Waals surface area contributed by atoms with Crippen molar-refractivity contribution in [1.29, 1.82) is 0 Å². The van der Waals surface area contributed by atoms with Gasteiger partial charge in [-0.2, -0.15) is 0 Å². The standard InChI is InChI=1S/C22H20ClN3O7S2/c1-3-33-21(29)13-5-4-6-14(9-13)25-19(27)12-34-22-24-11-18(20(28)26-22)35(30,31)15-7-8-17(32-2)16(23)10-15/h4-11H,3,12H2,1-2H3,(H,25,27)(H,24,26,28). The number of ether oxygens (including phenoxy) is 2. The SMILES string of the molecule is CCOC(=O)c1cccc(NC(=O)CSc2ncc(S(=O)(=O)c3ccc(OC)c(Cl)c3)c(=O)[nH]2)c1. The first-order chi connectivity index (χ1) is 16.6. The van der Waals surface area contributed by atoms with Gasteiger partial charge in [0.2, 0.25) is 15.7 Å². The lowest BCUT2D eigenvalue weighted by Gasteiger charge is -2.08. The highest BCUT2D eigenvalue weighted by molar-refractivity contribution is 7.99. The van der Waals surface area contributed by atoms with Gasteiger partial charge in [0.25, 0.3) is 5.56 Å². The third kappa shape index (κ3) is 6.41. The van der Waals surface area contributed by atoms with Crippen LogP contribution in [0.3, 0.4) is 0 Å². The second-order valence-corrected chi connectivity index (χ2v) is 10.1. The monoisotopic (exact) mass is 537 g/mol. The average Bonchev–Trinajstić information content (AvgIpc) is 2.83. The molecule has 10 nitrogen and oxygen atoms in total. The van der Waals surface area contributed by atoms with Crippen molar-refractivity contribution in [1.82, 2.24) is 9.97 Å². The number of amides is 1. The molecule has 0 atom stereocenters. The van der Waals surface area contributed by atoms with Crippen LogP contribution in [0.2, 0.25) is 5.02 Å². The van der Waals surface area contributed by atoms with E-state index in [2.05, 4.69) is 15.3 Å². The van der Waals surface area contributed by atoms with Crippen LogP contribution in [-0.2, 0) is 19.4 Å². The summed E-state index contributed by atoms with van der Waals surface area (Å²) in [5.41, 5.74) is -0.211. The predicted octanol–water partition coefficient (Wildman–Crippen LogP) is 3.17. The van der Waals surface area contributed by atoms with Gasteiger partial charge in [0.05, 0.1) is 41.1 Å². The third-order valence-electron chi connectivity index (χ3n) is 4.46. The molecule has 1 heterocycles. The summed E-state index contributed by atoms with van der Waals surface area (Å²) in [6, 6.07) is 10.1. The number of sulfone groups is 1. The number of aromatic amines is 1. The Kier molecular flexibility index (Phi) is 8.54. The normalized spacial score (nSPS) is 11.1. The summed E-state index contributed by atoms with van der Waals surface area (Å²) < 4.78 is 35.6. The molecule has 3 aromatic rings. The quantitative estimate of drug-likeness (QED) is 0.239. The zero-order valence-corrected chi connectivity index (χ0v) is 20.9. The molecule has 13 heteroatoms. The first-order valence-corrected chi connectivity index (χ1v) is 12.9. The Labute approximate surface area is 209 Å². The first-order valence-electron chi connectivity index (χ1n) is 10.0. The molecular weight excluding hydrogens is 518 g/mol. The van der Waals surface area contributed by atoms with Gasteiger partial charge in [0, 0.05) is 5.69 Å². The number of anilines is 1. The maximum absolute atomic E-state index is 12.8. The molecule has 2 aromatic carbocycles. The molecule has 0 aliphatic carbocycles. The van der Waals surface area contributed by atoms with Gasteiger partial charge in [-0.3, -0.25) is 9.59 Å². The smallest absolute Gasteiger partial charge is 0.338 e. The van der Waals surface area contributed by atoms with Gasteiger partial charge in [0.15, 0.2) is 10.1 Å². The van der Waals surface area contributed by atoms with Gasteiger partial charge in [-0.15, -0.1) is 0 Å². The van der Waals surface area contributed by atoms with Gasteiger partial charge in [0.1, 0.15) is 5.75 Å². The number of hydrogen-bond acceptors (Lipinski definition) is 9. The van der Waals surface area contributed by atoms with Crippen LogP contribution in [0.4, 0.5) is 5.69 Å². The van der Waals surface area contributed by atoms with Crippen LogP contribution in [0.15, 0.2) is 68.4 Å². The van der Waals surface area contributed by atoms with Gasteiger partial charge in [-0.05, 0) is 43.3 Å². The molecule has 0 radical (unpaired) electrons. The van der Waals surface area contributed by atoms with Crippen LogP contribution in [-0.4, -0.2) is 49.7 Å². The van der Waals surface area contributed by atoms with E-state index in [0.29, 0.717) is 11.3 Å². The van der Waals surface area contributed by atoms with Crippen molar-refractivity contribution in [2.45, 2.75) is 21.9 Å². The lowest BCUT2D eigenvalue weighted by atomic mass is 10.2. The average molecular weight is 538 g/mol. The summed E-state index contributed by atoms with van der Waals surface area (Å²) in [5, 5.41) is 2.76. The van der Waals surface area contributed by atoms with E-state index in [1.165, 1.54) is 31.4 Å². The number of benzene rings is 2. The molecule has 0 bridgehead atoms. The number of rotatable bonds is 9. The molecule has 0 saturated carbocycles. The van der Waals surface area contributed by atoms with Crippen molar-refractivity contribution in [3.05, 3.63) is 69.6 Å². The number of nitrogens with one attached hydrogen (secondary N) is 2. The van der Waals surface area contributed by atoms with Gasteiger partial charge >= 0.3 is 5.97 Å². The van der Waals surface area contributed by atoms with Gasteiger partial charge < -0.3 is 19.8 Å². The van der Waals surface area contributed by atoms with Crippen LogP contribution in [0.25, 0.3) is 0 Å². The second-order valence-electron chi connectivity index (χ2n) is 6.82. The highest BCUT2D eigenvalue weighted by Gasteiger charge is 2.23. The largest absolute Gasteiger partial charge is 0.495 e. The van der Waals surface area contributed by atoms with E-state index in [0.717, 1.165) is 18.0 Å². The molecule has 1 amide bonds. The number of thioether (sulfide) groups is 1. The number of esters is 1. The van der Waals surface area contributed by atoms with Crippen LogP contribution in [0.5, 0.6) is 5.75 Å². The minimum absolute atomic E-state index is 0.0529. The number of aromatic nitrogens is 2. The topological polar surface area (TPSA) is 145 Å². The van der Waals surface area contributed by atoms with E-state index in [4.69, 9.17) is 21.1 Å². The molecule has 0 unspecified atom stereocenters. The van der Waals surface area contributed by atoms with Crippen molar-refractivity contribution < 1.29 is 27.5 Å². The van der Waals surface area contributed by atoms with E-state index in [9.17, 15) is 22.8 Å². The Morgan fingerprint density at radius 1 is 1.20 bits per heavy atom. The Morgan fingerprint density at radius 3 is 2.63 bits per heavy atom. The molecule has 0 aliphatic rings. The summed E-state index contributed by atoms with van der Waals surface area (Å²) in [5.74, 6) is -0.780. The van der Waals surface area contributed by atoms with E-state index >= 15 is 0 Å². The van der Waals surface area contributed by atoms with Crippen LogP contribution in [0.1, 0.15) is 17.3 Å².